The number of nitrogens with one attached hydrogen (secondary N) is 2. The molecule has 0 radical (unpaired) electrons. The van der Waals surface area contributed by atoms with Gasteiger partial charge in [-0.1, -0.05) is 73.3 Å². The number of nitrogens with zero attached hydrogens (tertiary/aromatic N) is 5. The third kappa shape index (κ3) is 5.05. The monoisotopic (exact) mass is 531 g/mol. The zero-order valence-corrected chi connectivity index (χ0v) is 22.2. The molecule has 11 heteroatoms. The molecule has 5 aromatic rings. The van der Waals surface area contributed by atoms with Crippen molar-refractivity contribution in [2.45, 2.75) is 37.4 Å². The molecule has 0 aliphatic heterocycles. The van der Waals surface area contributed by atoms with Crippen molar-refractivity contribution in [2.24, 2.45) is 5.92 Å². The van der Waals surface area contributed by atoms with Gasteiger partial charge in [-0.05, 0) is 36.1 Å². The molecule has 9 nitrogen and oxygen atoms in total. The average Bonchev–Trinajstić information content (AvgIpc) is 3.33. The molecule has 5 rings (SSSR count). The number of hydrogen-bond donors (Lipinski definition) is 2. The summed E-state index contributed by atoms with van der Waals surface area (Å²) in [6.07, 6.45) is 1.66. The Balaban J connectivity index is 1.50. The number of carbonyl (C=O) groups is 1. The molecule has 0 unspecified atom stereocenters. The largest absolute Gasteiger partial charge is 0.310 e. The number of benzene rings is 1. The Morgan fingerprint density at radius 1 is 1.14 bits per heavy atom. The summed E-state index contributed by atoms with van der Waals surface area (Å²) in [6, 6.07) is 15.2. The number of carbonyl (C=O) groups excluding carboxylic acids is 1. The van der Waals surface area contributed by atoms with Crippen LogP contribution in [0.25, 0.3) is 16.7 Å². The summed E-state index contributed by atoms with van der Waals surface area (Å²) in [5.41, 5.74) is 2.73. The van der Waals surface area contributed by atoms with E-state index in [1.165, 1.54) is 39.1 Å². The van der Waals surface area contributed by atoms with E-state index in [2.05, 4.69) is 15.5 Å². The third-order valence-electron chi connectivity index (χ3n) is 5.76. The molecular weight excluding hydrogens is 506 g/mol. The summed E-state index contributed by atoms with van der Waals surface area (Å²) >= 11 is 2.80. The van der Waals surface area contributed by atoms with Gasteiger partial charge in [0, 0.05) is 18.5 Å². The molecule has 4 aromatic heterocycles. The summed E-state index contributed by atoms with van der Waals surface area (Å²) < 4.78 is 3.84. The lowest BCUT2D eigenvalue weighted by atomic mass is 10.1. The summed E-state index contributed by atoms with van der Waals surface area (Å²) in [6.45, 7) is 6.35. The van der Waals surface area contributed by atoms with Crippen molar-refractivity contribution in [3.8, 4) is 0 Å². The molecule has 188 valence electrons. The highest BCUT2D eigenvalue weighted by atomic mass is 32.2. The van der Waals surface area contributed by atoms with E-state index in [0.717, 1.165) is 15.7 Å². The van der Waals surface area contributed by atoms with Gasteiger partial charge >= 0.3 is 0 Å². The van der Waals surface area contributed by atoms with Crippen molar-refractivity contribution in [2.75, 3.05) is 5.32 Å². The van der Waals surface area contributed by atoms with Crippen LogP contribution in [0.4, 0.5) is 5.13 Å². The fourth-order valence-corrected chi connectivity index (χ4v) is 5.72. The number of pyridine rings is 2. The van der Waals surface area contributed by atoms with Gasteiger partial charge in [0.25, 0.3) is 11.5 Å². The van der Waals surface area contributed by atoms with Gasteiger partial charge in [-0.25, -0.2) is 4.98 Å². The van der Waals surface area contributed by atoms with Crippen molar-refractivity contribution in [1.82, 2.24) is 24.1 Å². The van der Waals surface area contributed by atoms with Crippen LogP contribution in [0.15, 0.2) is 63.9 Å². The molecule has 0 atom stereocenters. The van der Waals surface area contributed by atoms with Crippen LogP contribution in [-0.2, 0) is 12.3 Å². The van der Waals surface area contributed by atoms with Crippen LogP contribution < -0.4 is 16.4 Å². The Morgan fingerprint density at radius 2 is 1.92 bits per heavy atom. The predicted molar refractivity (Wildman–Crippen MR) is 146 cm³/mol. The molecular formula is C26H25N7O2S2. The fourth-order valence-electron chi connectivity index (χ4n) is 4.01. The van der Waals surface area contributed by atoms with Crippen molar-refractivity contribution in [1.29, 1.82) is 5.41 Å². The molecule has 2 N–H and O–H groups in total. The second-order valence-electron chi connectivity index (χ2n) is 9.05. The van der Waals surface area contributed by atoms with Crippen LogP contribution >= 0.6 is 23.1 Å². The van der Waals surface area contributed by atoms with E-state index in [9.17, 15) is 9.59 Å². The standard InChI is InChI=1S/C26H25N7O2S2/c1-15(2)13-33-20(27)18(12-19-22(33)28-21-16(3)8-7-11-32(21)24(19)35)23(34)29-25-30-31-26(37-25)36-14-17-9-5-4-6-10-17/h4-12,15,27H,13-14H2,1-3H3,(H,29,30,34). The van der Waals surface area contributed by atoms with E-state index >= 15 is 0 Å². The number of amides is 1. The molecule has 0 saturated carbocycles. The number of fused-ring (bicyclic) bond motifs is 2. The first-order valence-corrected chi connectivity index (χ1v) is 13.5. The minimum atomic E-state index is -0.520. The van der Waals surface area contributed by atoms with Crippen LogP contribution in [0.5, 0.6) is 0 Å². The maximum atomic E-state index is 13.4. The lowest BCUT2D eigenvalue weighted by Crippen LogP contribution is -2.33. The second kappa shape index (κ2) is 10.3. The first kappa shape index (κ1) is 24.8. The van der Waals surface area contributed by atoms with Crippen molar-refractivity contribution in [3.63, 3.8) is 0 Å². The van der Waals surface area contributed by atoms with E-state index in [1.54, 1.807) is 16.8 Å². The Hall–Kier alpha value is -3.83. The van der Waals surface area contributed by atoms with Crippen LogP contribution in [-0.4, -0.2) is 30.1 Å². The predicted octanol–water partition coefficient (Wildman–Crippen LogP) is 4.49. The Morgan fingerprint density at radius 3 is 2.68 bits per heavy atom. The number of hydrogen-bond acceptors (Lipinski definition) is 8. The molecule has 0 aliphatic rings. The molecule has 0 bridgehead atoms. The normalized spacial score (nSPS) is 11.5. The fraction of sp³-hybridized carbons (Fsp3) is 0.231. The van der Waals surface area contributed by atoms with E-state index in [1.807, 2.05) is 57.2 Å². The van der Waals surface area contributed by atoms with Gasteiger partial charge in [-0.3, -0.25) is 24.7 Å². The number of anilines is 1. The molecule has 0 aliphatic carbocycles. The maximum absolute atomic E-state index is 13.4. The van der Waals surface area contributed by atoms with Crippen LogP contribution in [0, 0.1) is 18.3 Å². The van der Waals surface area contributed by atoms with Crippen LogP contribution in [0.1, 0.15) is 35.3 Å². The van der Waals surface area contributed by atoms with E-state index in [4.69, 9.17) is 10.4 Å². The number of aromatic nitrogens is 5. The quantitative estimate of drug-likeness (QED) is 0.182. The summed E-state index contributed by atoms with van der Waals surface area (Å²) in [5.74, 6) is 0.388. The zero-order chi connectivity index (χ0) is 26.1. The number of rotatable bonds is 7. The minimum absolute atomic E-state index is 0.00766. The van der Waals surface area contributed by atoms with Crippen molar-refractivity contribution >= 4 is 50.8 Å². The summed E-state index contributed by atoms with van der Waals surface area (Å²) in [5, 5.41) is 20.5. The van der Waals surface area contributed by atoms with Gasteiger partial charge in [0.15, 0.2) is 4.34 Å². The minimum Gasteiger partial charge on any atom is -0.310 e. The lowest BCUT2D eigenvalue weighted by Gasteiger charge is -2.16. The summed E-state index contributed by atoms with van der Waals surface area (Å²) in [7, 11) is 0. The van der Waals surface area contributed by atoms with Gasteiger partial charge in [0.2, 0.25) is 5.13 Å². The maximum Gasteiger partial charge on any atom is 0.267 e. The van der Waals surface area contributed by atoms with Gasteiger partial charge in [0.1, 0.15) is 16.8 Å². The third-order valence-corrected chi connectivity index (χ3v) is 7.80. The van der Waals surface area contributed by atoms with E-state index in [-0.39, 0.29) is 27.9 Å². The topological polar surface area (TPSA) is 118 Å². The summed E-state index contributed by atoms with van der Waals surface area (Å²) in [4.78, 5) is 31.4. The molecule has 37 heavy (non-hydrogen) atoms. The van der Waals surface area contributed by atoms with Gasteiger partial charge in [-0.2, -0.15) is 0 Å². The first-order chi connectivity index (χ1) is 17.8. The van der Waals surface area contributed by atoms with E-state index in [0.29, 0.717) is 23.0 Å². The zero-order valence-electron chi connectivity index (χ0n) is 20.6. The van der Waals surface area contributed by atoms with Crippen molar-refractivity contribution < 1.29 is 4.79 Å². The van der Waals surface area contributed by atoms with Crippen LogP contribution in [0.2, 0.25) is 0 Å². The Kier molecular flexibility index (Phi) is 6.90. The van der Waals surface area contributed by atoms with Crippen molar-refractivity contribution in [3.05, 3.63) is 87.3 Å². The smallest absolute Gasteiger partial charge is 0.267 e. The molecule has 1 aromatic carbocycles. The number of thioether (sulfide) groups is 1. The second-order valence-corrected chi connectivity index (χ2v) is 11.3. The van der Waals surface area contributed by atoms with Gasteiger partial charge < -0.3 is 4.57 Å². The van der Waals surface area contributed by atoms with E-state index < -0.39 is 5.91 Å². The van der Waals surface area contributed by atoms with Gasteiger partial charge in [-0.15, -0.1) is 10.2 Å². The molecule has 0 fully saturated rings. The molecule has 4 heterocycles. The SMILES string of the molecule is Cc1cccn2c(=O)c3cc(C(=O)Nc4nnc(SCc5ccccc5)s4)c(=N)n(CC(C)C)c3nc12. The Bertz CT molecular complexity index is 1740. The Labute approximate surface area is 220 Å². The highest BCUT2D eigenvalue weighted by Crippen LogP contribution is 2.28. The highest BCUT2D eigenvalue weighted by molar-refractivity contribution is 8.00. The average molecular weight is 532 g/mol. The molecule has 0 saturated heterocycles. The first-order valence-electron chi connectivity index (χ1n) is 11.7. The lowest BCUT2D eigenvalue weighted by molar-refractivity contribution is 0.102. The van der Waals surface area contributed by atoms with Gasteiger partial charge in [0.05, 0.1) is 10.9 Å². The van der Waals surface area contributed by atoms with Crippen LogP contribution in [0.3, 0.4) is 0 Å². The number of aryl methyl sites for hydroxylation is 1. The highest BCUT2D eigenvalue weighted by Gasteiger charge is 2.20. The molecule has 1 amide bonds. The molecule has 0 spiro atoms.